The van der Waals surface area contributed by atoms with Gasteiger partial charge < -0.3 is 10.3 Å². The molecular formula is C9H16N2. The predicted octanol–water partition coefficient (Wildman–Crippen LogP) is 1.61. The molecule has 1 aromatic rings. The molecule has 2 N–H and O–H groups in total. The molecule has 0 spiro atoms. The van der Waals surface area contributed by atoms with Gasteiger partial charge in [-0.2, -0.15) is 0 Å². The maximum absolute atomic E-state index is 6.04. The van der Waals surface area contributed by atoms with Crippen molar-refractivity contribution < 1.29 is 0 Å². The minimum absolute atomic E-state index is 0.165. The SMILES string of the molecule is CCC(C)(N)c1ccn(C)c1. The number of aryl methyl sites for hydroxylation is 1. The molecule has 0 radical (unpaired) electrons. The Balaban J connectivity index is 2.92. The topological polar surface area (TPSA) is 30.9 Å². The normalized spacial score (nSPS) is 16.4. The summed E-state index contributed by atoms with van der Waals surface area (Å²) in [6.45, 7) is 4.16. The number of hydrogen-bond acceptors (Lipinski definition) is 1. The summed E-state index contributed by atoms with van der Waals surface area (Å²) >= 11 is 0. The van der Waals surface area contributed by atoms with Gasteiger partial charge in [-0.3, -0.25) is 0 Å². The zero-order chi connectivity index (χ0) is 8.48. The van der Waals surface area contributed by atoms with Gasteiger partial charge in [0, 0.05) is 25.0 Å². The van der Waals surface area contributed by atoms with Gasteiger partial charge in [-0.05, 0) is 25.0 Å². The molecule has 1 heterocycles. The number of hydrogen-bond donors (Lipinski definition) is 1. The highest BCUT2D eigenvalue weighted by Gasteiger charge is 2.18. The molecule has 1 aromatic heterocycles. The minimum atomic E-state index is -0.165. The van der Waals surface area contributed by atoms with Crippen molar-refractivity contribution in [2.75, 3.05) is 0 Å². The summed E-state index contributed by atoms with van der Waals surface area (Å²) in [4.78, 5) is 0. The van der Waals surface area contributed by atoms with Gasteiger partial charge in [0.2, 0.25) is 0 Å². The van der Waals surface area contributed by atoms with Crippen molar-refractivity contribution in [3.05, 3.63) is 24.0 Å². The van der Waals surface area contributed by atoms with E-state index >= 15 is 0 Å². The Morgan fingerprint density at radius 3 is 2.64 bits per heavy atom. The maximum Gasteiger partial charge on any atom is 0.0393 e. The summed E-state index contributed by atoms with van der Waals surface area (Å²) in [7, 11) is 2.01. The van der Waals surface area contributed by atoms with E-state index in [9.17, 15) is 0 Å². The summed E-state index contributed by atoms with van der Waals surface area (Å²) in [5, 5.41) is 0. The summed E-state index contributed by atoms with van der Waals surface area (Å²) in [6.07, 6.45) is 5.07. The van der Waals surface area contributed by atoms with Crippen molar-refractivity contribution in [1.29, 1.82) is 0 Å². The first-order chi connectivity index (χ1) is 5.06. The fourth-order valence-electron chi connectivity index (χ4n) is 1.05. The molecule has 0 amide bonds. The maximum atomic E-state index is 6.04. The highest BCUT2D eigenvalue weighted by Crippen LogP contribution is 2.20. The first-order valence-corrected chi connectivity index (χ1v) is 3.97. The van der Waals surface area contributed by atoms with E-state index in [1.165, 1.54) is 5.56 Å². The fourth-order valence-corrected chi connectivity index (χ4v) is 1.05. The molecule has 62 valence electrons. The van der Waals surface area contributed by atoms with E-state index in [-0.39, 0.29) is 5.54 Å². The third-order valence-corrected chi connectivity index (χ3v) is 2.23. The second-order valence-electron chi connectivity index (χ2n) is 3.34. The van der Waals surface area contributed by atoms with Gasteiger partial charge in [0.15, 0.2) is 0 Å². The van der Waals surface area contributed by atoms with E-state index in [2.05, 4.69) is 26.1 Å². The average molecular weight is 152 g/mol. The Bertz CT molecular complexity index is 235. The highest BCUT2D eigenvalue weighted by atomic mass is 14.9. The summed E-state index contributed by atoms with van der Waals surface area (Å²) in [5.41, 5.74) is 7.08. The lowest BCUT2D eigenvalue weighted by molar-refractivity contribution is 0.476. The Hall–Kier alpha value is -0.760. The van der Waals surface area contributed by atoms with Crippen LogP contribution in [0.4, 0.5) is 0 Å². The van der Waals surface area contributed by atoms with Crippen molar-refractivity contribution in [1.82, 2.24) is 4.57 Å². The van der Waals surface area contributed by atoms with Crippen LogP contribution in [0.25, 0.3) is 0 Å². The monoisotopic (exact) mass is 152 g/mol. The van der Waals surface area contributed by atoms with E-state index in [4.69, 9.17) is 5.73 Å². The number of nitrogens with zero attached hydrogens (tertiary/aromatic N) is 1. The van der Waals surface area contributed by atoms with Crippen LogP contribution in [0, 0.1) is 0 Å². The standard InChI is InChI=1S/C9H16N2/c1-4-9(2,10)8-5-6-11(3)7-8/h5-7H,4,10H2,1-3H3. The molecule has 2 heteroatoms. The number of aromatic nitrogens is 1. The quantitative estimate of drug-likeness (QED) is 0.685. The van der Waals surface area contributed by atoms with Crippen LogP contribution in [0.1, 0.15) is 25.8 Å². The highest BCUT2D eigenvalue weighted by molar-refractivity contribution is 5.19. The van der Waals surface area contributed by atoms with E-state index in [1.54, 1.807) is 0 Å². The lowest BCUT2D eigenvalue weighted by Gasteiger charge is -2.21. The Morgan fingerprint density at radius 1 is 1.64 bits per heavy atom. The molecule has 1 rings (SSSR count). The van der Waals surface area contributed by atoms with Gasteiger partial charge in [0.05, 0.1) is 0 Å². The lowest BCUT2D eigenvalue weighted by atomic mass is 9.93. The Labute approximate surface area is 68.0 Å². The van der Waals surface area contributed by atoms with Crippen LogP contribution in [0.3, 0.4) is 0 Å². The molecule has 0 bridgehead atoms. The van der Waals surface area contributed by atoms with E-state index in [1.807, 2.05) is 17.8 Å². The second-order valence-corrected chi connectivity index (χ2v) is 3.34. The van der Waals surface area contributed by atoms with Crippen LogP contribution in [-0.2, 0) is 12.6 Å². The smallest absolute Gasteiger partial charge is 0.0393 e. The largest absolute Gasteiger partial charge is 0.357 e. The molecule has 0 aliphatic carbocycles. The van der Waals surface area contributed by atoms with Crippen LogP contribution >= 0.6 is 0 Å². The molecule has 0 aliphatic heterocycles. The molecular weight excluding hydrogens is 136 g/mol. The zero-order valence-electron chi connectivity index (χ0n) is 7.46. The molecule has 0 aromatic carbocycles. The van der Waals surface area contributed by atoms with E-state index < -0.39 is 0 Å². The van der Waals surface area contributed by atoms with Crippen LogP contribution < -0.4 is 5.73 Å². The average Bonchev–Trinajstić information content (AvgIpc) is 2.36. The minimum Gasteiger partial charge on any atom is -0.357 e. The fraction of sp³-hybridized carbons (Fsp3) is 0.556. The van der Waals surface area contributed by atoms with Crippen molar-refractivity contribution in [2.24, 2.45) is 12.8 Å². The zero-order valence-corrected chi connectivity index (χ0v) is 7.46. The number of nitrogens with two attached hydrogens (primary N) is 1. The molecule has 2 nitrogen and oxygen atoms in total. The lowest BCUT2D eigenvalue weighted by Crippen LogP contribution is -2.31. The predicted molar refractivity (Wildman–Crippen MR) is 47.2 cm³/mol. The molecule has 0 fully saturated rings. The third-order valence-electron chi connectivity index (χ3n) is 2.23. The van der Waals surface area contributed by atoms with Crippen molar-refractivity contribution in [3.63, 3.8) is 0 Å². The third kappa shape index (κ3) is 1.63. The molecule has 0 saturated heterocycles. The van der Waals surface area contributed by atoms with E-state index in [0.717, 1.165) is 6.42 Å². The van der Waals surface area contributed by atoms with Crippen LogP contribution in [0.5, 0.6) is 0 Å². The molecule has 1 atom stereocenters. The number of rotatable bonds is 2. The molecule has 0 saturated carbocycles. The van der Waals surface area contributed by atoms with Crippen molar-refractivity contribution in [2.45, 2.75) is 25.8 Å². The molecule has 11 heavy (non-hydrogen) atoms. The second kappa shape index (κ2) is 2.70. The Kier molecular flexibility index (Phi) is 2.05. The van der Waals surface area contributed by atoms with Crippen molar-refractivity contribution >= 4 is 0 Å². The van der Waals surface area contributed by atoms with E-state index in [0.29, 0.717) is 0 Å². The van der Waals surface area contributed by atoms with Gasteiger partial charge >= 0.3 is 0 Å². The van der Waals surface area contributed by atoms with Crippen LogP contribution in [0.2, 0.25) is 0 Å². The first-order valence-electron chi connectivity index (χ1n) is 3.97. The van der Waals surface area contributed by atoms with Crippen LogP contribution in [0.15, 0.2) is 18.5 Å². The van der Waals surface area contributed by atoms with Gasteiger partial charge in [0.25, 0.3) is 0 Å². The van der Waals surface area contributed by atoms with Gasteiger partial charge in [0.1, 0.15) is 0 Å². The summed E-state index contributed by atoms with van der Waals surface area (Å²) in [6, 6.07) is 2.07. The summed E-state index contributed by atoms with van der Waals surface area (Å²) < 4.78 is 2.02. The van der Waals surface area contributed by atoms with Gasteiger partial charge in [-0.25, -0.2) is 0 Å². The first kappa shape index (κ1) is 8.34. The summed E-state index contributed by atoms with van der Waals surface area (Å²) in [5.74, 6) is 0. The Morgan fingerprint density at radius 2 is 2.27 bits per heavy atom. The van der Waals surface area contributed by atoms with Gasteiger partial charge in [-0.15, -0.1) is 0 Å². The van der Waals surface area contributed by atoms with Gasteiger partial charge in [-0.1, -0.05) is 6.92 Å². The molecule has 1 unspecified atom stereocenters. The van der Waals surface area contributed by atoms with Crippen LogP contribution in [-0.4, -0.2) is 4.57 Å². The molecule has 0 aliphatic rings. The van der Waals surface area contributed by atoms with Crippen molar-refractivity contribution in [3.8, 4) is 0 Å².